The lowest BCUT2D eigenvalue weighted by atomic mass is 9.86. The highest BCUT2D eigenvalue weighted by molar-refractivity contribution is 6.39. The molecule has 0 unspecified atom stereocenters. The number of aromatic nitrogens is 1. The molecule has 0 N–H and O–H groups in total. The summed E-state index contributed by atoms with van der Waals surface area (Å²) in [7, 11) is 1.94. The number of aryl methyl sites for hydroxylation is 1. The maximum absolute atomic E-state index is 12.8. The lowest BCUT2D eigenvalue weighted by Crippen LogP contribution is -2.15. The van der Waals surface area contributed by atoms with Crippen LogP contribution >= 0.6 is 0 Å². The van der Waals surface area contributed by atoms with Gasteiger partial charge in [-0.15, -0.1) is 0 Å². The molecule has 106 valence electrons. The SMILES string of the molecule is Cn1cc(C2=CC(=O)c3ccccc3C2=O)c2ccccc21. The third kappa shape index (κ3) is 1.69. The molecule has 4 rings (SSSR count). The minimum absolute atomic E-state index is 0.0912. The molecule has 2 aromatic carbocycles. The van der Waals surface area contributed by atoms with Crippen molar-refractivity contribution in [3.8, 4) is 0 Å². The average molecular weight is 287 g/mol. The number of para-hydroxylation sites is 1. The van der Waals surface area contributed by atoms with Crippen molar-refractivity contribution in [3.05, 3.63) is 77.5 Å². The monoisotopic (exact) mass is 287 g/mol. The lowest BCUT2D eigenvalue weighted by molar-refractivity contribution is 0.100. The summed E-state index contributed by atoms with van der Waals surface area (Å²) in [5.74, 6) is -0.204. The molecule has 0 saturated heterocycles. The highest BCUT2D eigenvalue weighted by atomic mass is 16.1. The van der Waals surface area contributed by atoms with Gasteiger partial charge in [0.05, 0.1) is 0 Å². The van der Waals surface area contributed by atoms with E-state index in [0.717, 1.165) is 16.5 Å². The zero-order chi connectivity index (χ0) is 15.3. The second-order valence-corrected chi connectivity index (χ2v) is 5.47. The standard InChI is InChI=1S/C19H13NO2/c1-20-11-16(12-6-4-5-9-17(12)20)15-10-18(21)13-7-2-3-8-14(13)19(15)22/h2-11H,1H3. The van der Waals surface area contributed by atoms with Crippen molar-refractivity contribution in [2.75, 3.05) is 0 Å². The first-order valence-electron chi connectivity index (χ1n) is 7.11. The number of hydrogen-bond acceptors (Lipinski definition) is 2. The zero-order valence-electron chi connectivity index (χ0n) is 12.0. The Morgan fingerprint density at radius 3 is 2.32 bits per heavy atom. The molecule has 0 aliphatic heterocycles. The Balaban J connectivity index is 1.97. The molecule has 3 nitrogen and oxygen atoms in total. The third-order valence-corrected chi connectivity index (χ3v) is 4.14. The number of rotatable bonds is 1. The van der Waals surface area contributed by atoms with Crippen LogP contribution in [-0.4, -0.2) is 16.1 Å². The van der Waals surface area contributed by atoms with Gasteiger partial charge in [0.15, 0.2) is 11.6 Å². The van der Waals surface area contributed by atoms with Crippen LogP contribution < -0.4 is 0 Å². The molecule has 0 spiro atoms. The molecular formula is C19H13NO2. The van der Waals surface area contributed by atoms with Crippen LogP contribution in [-0.2, 0) is 7.05 Å². The molecular weight excluding hydrogens is 274 g/mol. The van der Waals surface area contributed by atoms with Gasteiger partial charge in [0.2, 0.25) is 0 Å². The van der Waals surface area contributed by atoms with Crippen molar-refractivity contribution in [3.63, 3.8) is 0 Å². The van der Waals surface area contributed by atoms with Crippen molar-refractivity contribution in [2.24, 2.45) is 7.05 Å². The number of carbonyl (C=O) groups is 2. The van der Waals surface area contributed by atoms with Crippen molar-refractivity contribution in [2.45, 2.75) is 0 Å². The van der Waals surface area contributed by atoms with Crippen LogP contribution in [0.5, 0.6) is 0 Å². The number of nitrogens with zero attached hydrogens (tertiary/aromatic N) is 1. The van der Waals surface area contributed by atoms with Gasteiger partial charge in [0.25, 0.3) is 0 Å². The summed E-state index contributed by atoms with van der Waals surface area (Å²) in [6, 6.07) is 14.9. The molecule has 0 fully saturated rings. The van der Waals surface area contributed by atoms with Gasteiger partial charge >= 0.3 is 0 Å². The lowest BCUT2D eigenvalue weighted by Gasteiger charge is -2.14. The van der Waals surface area contributed by atoms with Gasteiger partial charge in [0.1, 0.15) is 0 Å². The number of allylic oxidation sites excluding steroid dienone is 2. The molecule has 1 aliphatic carbocycles. The van der Waals surface area contributed by atoms with Crippen LogP contribution in [0.2, 0.25) is 0 Å². The van der Waals surface area contributed by atoms with Crippen molar-refractivity contribution in [1.29, 1.82) is 0 Å². The summed E-state index contributed by atoms with van der Waals surface area (Å²) >= 11 is 0. The highest BCUT2D eigenvalue weighted by Gasteiger charge is 2.27. The van der Waals surface area contributed by atoms with Gasteiger partial charge in [-0.2, -0.15) is 0 Å². The van der Waals surface area contributed by atoms with E-state index in [2.05, 4.69) is 0 Å². The highest BCUT2D eigenvalue weighted by Crippen LogP contribution is 2.32. The van der Waals surface area contributed by atoms with E-state index in [1.807, 2.05) is 42.1 Å². The minimum atomic E-state index is -0.113. The summed E-state index contributed by atoms with van der Waals surface area (Å²) in [6.07, 6.45) is 3.38. The fraction of sp³-hybridized carbons (Fsp3) is 0.0526. The molecule has 1 heterocycles. The van der Waals surface area contributed by atoms with E-state index < -0.39 is 0 Å². The second kappa shape index (κ2) is 4.53. The van der Waals surface area contributed by atoms with Crippen LogP contribution in [0.3, 0.4) is 0 Å². The Bertz CT molecular complexity index is 976. The zero-order valence-corrected chi connectivity index (χ0v) is 12.0. The quantitative estimate of drug-likeness (QED) is 0.685. The molecule has 3 heteroatoms. The van der Waals surface area contributed by atoms with Gasteiger partial charge in [-0.25, -0.2) is 0 Å². The first kappa shape index (κ1) is 12.8. The maximum atomic E-state index is 12.8. The summed E-state index contributed by atoms with van der Waals surface area (Å²) in [4.78, 5) is 25.1. The van der Waals surface area contributed by atoms with Crippen molar-refractivity contribution >= 4 is 28.0 Å². The van der Waals surface area contributed by atoms with E-state index in [0.29, 0.717) is 16.7 Å². The molecule has 0 saturated carbocycles. The Morgan fingerprint density at radius 1 is 0.818 bits per heavy atom. The van der Waals surface area contributed by atoms with Gasteiger partial charge in [-0.05, 0) is 12.1 Å². The molecule has 0 bridgehead atoms. The fourth-order valence-corrected chi connectivity index (χ4v) is 3.07. The number of hydrogen-bond donors (Lipinski definition) is 0. The summed E-state index contributed by atoms with van der Waals surface area (Å²) in [5, 5.41) is 0.983. The molecule has 1 aromatic heterocycles. The number of fused-ring (bicyclic) bond motifs is 2. The molecule has 22 heavy (non-hydrogen) atoms. The number of Topliss-reactive ketones (excluding diaryl/α,β-unsaturated/α-hetero) is 1. The predicted molar refractivity (Wildman–Crippen MR) is 86.0 cm³/mol. The minimum Gasteiger partial charge on any atom is -0.350 e. The van der Waals surface area contributed by atoms with Crippen LogP contribution in [0.4, 0.5) is 0 Å². The smallest absolute Gasteiger partial charge is 0.194 e. The number of benzene rings is 2. The topological polar surface area (TPSA) is 39.1 Å². The molecule has 1 aliphatic rings. The average Bonchev–Trinajstić information content (AvgIpc) is 2.88. The Hall–Kier alpha value is -2.94. The molecule has 3 aromatic rings. The van der Waals surface area contributed by atoms with E-state index in [9.17, 15) is 9.59 Å². The Morgan fingerprint density at radius 2 is 1.50 bits per heavy atom. The first-order chi connectivity index (χ1) is 10.7. The third-order valence-electron chi connectivity index (χ3n) is 4.14. The largest absolute Gasteiger partial charge is 0.350 e. The molecule has 0 radical (unpaired) electrons. The van der Waals surface area contributed by atoms with Crippen LogP contribution in [0.1, 0.15) is 26.3 Å². The Labute approximate surface area is 127 Å². The normalized spacial score (nSPS) is 14.1. The van der Waals surface area contributed by atoms with Crippen molar-refractivity contribution < 1.29 is 9.59 Å². The molecule has 0 amide bonds. The van der Waals surface area contributed by atoms with Crippen LogP contribution in [0.25, 0.3) is 16.5 Å². The van der Waals surface area contributed by atoms with E-state index in [-0.39, 0.29) is 11.6 Å². The maximum Gasteiger partial charge on any atom is 0.194 e. The summed E-state index contributed by atoms with van der Waals surface area (Å²) < 4.78 is 1.98. The summed E-state index contributed by atoms with van der Waals surface area (Å²) in [6.45, 7) is 0. The number of carbonyl (C=O) groups excluding carboxylic acids is 2. The van der Waals surface area contributed by atoms with Crippen LogP contribution in [0.15, 0.2) is 60.8 Å². The van der Waals surface area contributed by atoms with E-state index in [4.69, 9.17) is 0 Å². The van der Waals surface area contributed by atoms with E-state index >= 15 is 0 Å². The van der Waals surface area contributed by atoms with E-state index in [1.54, 1.807) is 24.3 Å². The Kier molecular flexibility index (Phi) is 2.63. The van der Waals surface area contributed by atoms with Gasteiger partial charge < -0.3 is 4.57 Å². The predicted octanol–water partition coefficient (Wildman–Crippen LogP) is 3.64. The van der Waals surface area contributed by atoms with Crippen LogP contribution in [0, 0.1) is 0 Å². The van der Waals surface area contributed by atoms with E-state index in [1.165, 1.54) is 6.08 Å². The second-order valence-electron chi connectivity index (χ2n) is 5.47. The number of ketones is 2. The fourth-order valence-electron chi connectivity index (χ4n) is 3.07. The first-order valence-corrected chi connectivity index (χ1v) is 7.11. The van der Waals surface area contributed by atoms with Gasteiger partial charge in [-0.3, -0.25) is 9.59 Å². The molecule has 0 atom stereocenters. The van der Waals surface area contributed by atoms with Gasteiger partial charge in [0, 0.05) is 46.4 Å². The van der Waals surface area contributed by atoms with Crippen molar-refractivity contribution in [1.82, 2.24) is 4.57 Å². The summed E-state index contributed by atoms with van der Waals surface area (Å²) in [5.41, 5.74) is 3.29. The van der Waals surface area contributed by atoms with Gasteiger partial charge in [-0.1, -0.05) is 42.5 Å².